The highest BCUT2D eigenvalue weighted by Crippen LogP contribution is 2.19. The molecule has 0 saturated heterocycles. The molecule has 2 amide bonds. The van der Waals surface area contributed by atoms with Crippen molar-refractivity contribution in [2.45, 2.75) is 18.7 Å². The van der Waals surface area contributed by atoms with Gasteiger partial charge in [0.05, 0.1) is 18.9 Å². The molecule has 0 bridgehead atoms. The molecule has 0 aliphatic carbocycles. The van der Waals surface area contributed by atoms with Crippen molar-refractivity contribution in [1.82, 2.24) is 15.5 Å². The number of carbonyl (C=O) groups excluding carboxylic acids is 2. The zero-order valence-electron chi connectivity index (χ0n) is 17.2. The maximum absolute atomic E-state index is 12.1. The first kappa shape index (κ1) is 23.4. The van der Waals surface area contributed by atoms with Crippen molar-refractivity contribution >= 4 is 40.9 Å². The fourth-order valence-electron chi connectivity index (χ4n) is 2.40. The van der Waals surface area contributed by atoms with Crippen molar-refractivity contribution < 1.29 is 23.5 Å². The van der Waals surface area contributed by atoms with E-state index in [0.717, 1.165) is 17.5 Å². The Morgan fingerprint density at radius 2 is 1.69 bits per heavy atom. The number of amides is 2. The van der Waals surface area contributed by atoms with Gasteiger partial charge in [0.2, 0.25) is 11.8 Å². The molecule has 0 atom stereocenters. The SMILES string of the molecule is CCOc1ccc(NC(=O)CSc2nnc(CNC(=O)COc3ccc(Cl)cc3)o2)cc1. The van der Waals surface area contributed by atoms with Gasteiger partial charge in [0.25, 0.3) is 11.1 Å². The van der Waals surface area contributed by atoms with Crippen LogP contribution in [0.5, 0.6) is 11.5 Å². The van der Waals surface area contributed by atoms with E-state index in [1.807, 2.05) is 6.92 Å². The van der Waals surface area contributed by atoms with Gasteiger partial charge in [0.1, 0.15) is 11.5 Å². The van der Waals surface area contributed by atoms with Crippen LogP contribution in [0.1, 0.15) is 12.8 Å². The molecular weight excluding hydrogens is 456 g/mol. The zero-order chi connectivity index (χ0) is 22.8. The van der Waals surface area contributed by atoms with E-state index in [4.69, 9.17) is 25.5 Å². The summed E-state index contributed by atoms with van der Waals surface area (Å²) >= 11 is 6.90. The summed E-state index contributed by atoms with van der Waals surface area (Å²) in [6.45, 7) is 2.37. The number of ether oxygens (including phenoxy) is 2. The van der Waals surface area contributed by atoms with E-state index in [9.17, 15) is 9.59 Å². The summed E-state index contributed by atoms with van der Waals surface area (Å²) in [6, 6.07) is 13.8. The molecule has 0 aliphatic heterocycles. The minimum Gasteiger partial charge on any atom is -0.494 e. The molecule has 1 aromatic heterocycles. The lowest BCUT2D eigenvalue weighted by molar-refractivity contribution is -0.123. The van der Waals surface area contributed by atoms with Crippen LogP contribution >= 0.6 is 23.4 Å². The molecule has 1 heterocycles. The van der Waals surface area contributed by atoms with Gasteiger partial charge in [-0.2, -0.15) is 0 Å². The summed E-state index contributed by atoms with van der Waals surface area (Å²) in [5.41, 5.74) is 0.661. The Balaban J connectivity index is 1.36. The number of carbonyl (C=O) groups is 2. The highest BCUT2D eigenvalue weighted by Gasteiger charge is 2.11. The summed E-state index contributed by atoms with van der Waals surface area (Å²) in [7, 11) is 0. The first-order valence-corrected chi connectivity index (χ1v) is 11.0. The summed E-state index contributed by atoms with van der Waals surface area (Å²) in [4.78, 5) is 24.0. The van der Waals surface area contributed by atoms with E-state index in [-0.39, 0.29) is 41.8 Å². The minimum absolute atomic E-state index is 0.0503. The van der Waals surface area contributed by atoms with Crippen molar-refractivity contribution in [2.75, 3.05) is 24.3 Å². The molecule has 2 N–H and O–H groups in total. The van der Waals surface area contributed by atoms with Gasteiger partial charge in [0, 0.05) is 10.7 Å². The second kappa shape index (κ2) is 12.0. The highest BCUT2D eigenvalue weighted by molar-refractivity contribution is 7.99. The van der Waals surface area contributed by atoms with Crippen LogP contribution in [0.3, 0.4) is 0 Å². The molecule has 0 radical (unpaired) electrons. The molecule has 0 saturated carbocycles. The molecule has 3 rings (SSSR count). The van der Waals surface area contributed by atoms with Crippen LogP contribution in [-0.2, 0) is 16.1 Å². The first-order valence-electron chi connectivity index (χ1n) is 9.65. The predicted molar refractivity (Wildman–Crippen MR) is 120 cm³/mol. The van der Waals surface area contributed by atoms with Crippen molar-refractivity contribution in [3.05, 3.63) is 59.4 Å². The van der Waals surface area contributed by atoms with Crippen LogP contribution < -0.4 is 20.1 Å². The van der Waals surface area contributed by atoms with Crippen molar-refractivity contribution in [1.29, 1.82) is 0 Å². The lowest BCUT2D eigenvalue weighted by Crippen LogP contribution is -2.28. The van der Waals surface area contributed by atoms with Crippen LogP contribution in [0, 0.1) is 0 Å². The summed E-state index contributed by atoms with van der Waals surface area (Å²) in [5, 5.41) is 13.9. The van der Waals surface area contributed by atoms with E-state index < -0.39 is 0 Å². The van der Waals surface area contributed by atoms with Gasteiger partial charge < -0.3 is 24.5 Å². The Hall–Kier alpha value is -3.24. The standard InChI is InChI=1S/C21H21ClN4O5S/c1-2-29-16-9-5-15(6-10-16)24-19(28)13-32-21-26-25-20(31-21)11-23-18(27)12-30-17-7-3-14(22)4-8-17/h3-10H,2,11-13H2,1H3,(H,23,27)(H,24,28). The number of benzene rings is 2. The number of nitrogens with one attached hydrogen (secondary N) is 2. The third-order valence-electron chi connectivity index (χ3n) is 3.84. The molecule has 9 nitrogen and oxygen atoms in total. The van der Waals surface area contributed by atoms with E-state index in [1.54, 1.807) is 48.5 Å². The van der Waals surface area contributed by atoms with Gasteiger partial charge in [-0.1, -0.05) is 23.4 Å². The Morgan fingerprint density at radius 3 is 2.41 bits per heavy atom. The van der Waals surface area contributed by atoms with E-state index in [0.29, 0.717) is 23.1 Å². The zero-order valence-corrected chi connectivity index (χ0v) is 18.7. The quantitative estimate of drug-likeness (QED) is 0.404. The summed E-state index contributed by atoms with van der Waals surface area (Å²) in [6.07, 6.45) is 0. The number of nitrogens with zero attached hydrogens (tertiary/aromatic N) is 2. The Morgan fingerprint density at radius 1 is 1.00 bits per heavy atom. The average molecular weight is 477 g/mol. The van der Waals surface area contributed by atoms with Crippen LogP contribution in [0.2, 0.25) is 5.02 Å². The third-order valence-corrected chi connectivity index (χ3v) is 4.91. The Labute approximate surface area is 193 Å². The third kappa shape index (κ3) is 7.78. The first-order chi connectivity index (χ1) is 15.5. The molecule has 3 aromatic rings. The molecule has 0 aliphatic rings. The molecule has 11 heteroatoms. The van der Waals surface area contributed by atoms with E-state index in [2.05, 4.69) is 20.8 Å². The van der Waals surface area contributed by atoms with Crippen molar-refractivity contribution in [3.8, 4) is 11.5 Å². The van der Waals surface area contributed by atoms with Gasteiger partial charge in [-0.3, -0.25) is 9.59 Å². The van der Waals surface area contributed by atoms with E-state index in [1.165, 1.54) is 0 Å². The van der Waals surface area contributed by atoms with Gasteiger partial charge in [0.15, 0.2) is 6.61 Å². The maximum Gasteiger partial charge on any atom is 0.277 e. The van der Waals surface area contributed by atoms with Crippen molar-refractivity contribution in [3.63, 3.8) is 0 Å². The topological polar surface area (TPSA) is 116 Å². The molecule has 32 heavy (non-hydrogen) atoms. The molecule has 0 unspecified atom stereocenters. The van der Waals surface area contributed by atoms with E-state index >= 15 is 0 Å². The van der Waals surface area contributed by atoms with Gasteiger partial charge in [-0.25, -0.2) is 0 Å². The van der Waals surface area contributed by atoms with Crippen LogP contribution in [0.25, 0.3) is 0 Å². The smallest absolute Gasteiger partial charge is 0.277 e. The number of thioether (sulfide) groups is 1. The average Bonchev–Trinajstić information content (AvgIpc) is 3.25. The van der Waals surface area contributed by atoms with Gasteiger partial charge in [-0.05, 0) is 55.5 Å². The molecule has 168 valence electrons. The Bertz CT molecular complexity index is 1030. The minimum atomic E-state index is -0.345. The normalized spacial score (nSPS) is 10.4. The van der Waals surface area contributed by atoms with Gasteiger partial charge >= 0.3 is 0 Å². The number of hydrogen-bond donors (Lipinski definition) is 2. The molecule has 0 fully saturated rings. The monoisotopic (exact) mass is 476 g/mol. The molecule has 2 aromatic carbocycles. The highest BCUT2D eigenvalue weighted by atomic mass is 35.5. The largest absolute Gasteiger partial charge is 0.494 e. The second-order valence-electron chi connectivity index (χ2n) is 6.28. The summed E-state index contributed by atoms with van der Waals surface area (Å²) in [5.74, 6) is 1.02. The number of hydrogen-bond acceptors (Lipinski definition) is 8. The number of halogens is 1. The predicted octanol–water partition coefficient (Wildman–Crippen LogP) is 3.55. The van der Waals surface area contributed by atoms with Crippen LogP contribution in [0.4, 0.5) is 5.69 Å². The number of aromatic nitrogens is 2. The fourth-order valence-corrected chi connectivity index (χ4v) is 3.10. The van der Waals surface area contributed by atoms with Gasteiger partial charge in [-0.15, -0.1) is 10.2 Å². The second-order valence-corrected chi connectivity index (χ2v) is 7.64. The summed E-state index contributed by atoms with van der Waals surface area (Å²) < 4.78 is 16.1. The number of anilines is 1. The lowest BCUT2D eigenvalue weighted by atomic mass is 10.3. The number of rotatable bonds is 11. The Kier molecular flexibility index (Phi) is 8.76. The van der Waals surface area contributed by atoms with Crippen molar-refractivity contribution in [2.24, 2.45) is 0 Å². The molecule has 0 spiro atoms. The molecular formula is C21H21ClN4O5S. The fraction of sp³-hybridized carbons (Fsp3) is 0.238. The van der Waals surface area contributed by atoms with Crippen LogP contribution in [-0.4, -0.2) is 41.0 Å². The lowest BCUT2D eigenvalue weighted by Gasteiger charge is -2.06. The van der Waals surface area contributed by atoms with Crippen LogP contribution in [0.15, 0.2) is 58.2 Å². The maximum atomic E-state index is 12.1.